The van der Waals surface area contributed by atoms with Crippen molar-refractivity contribution in [2.45, 2.75) is 13.0 Å². The average Bonchev–Trinajstić information content (AvgIpc) is 3.15. The highest BCUT2D eigenvalue weighted by molar-refractivity contribution is 7.19. The topological polar surface area (TPSA) is 61.4 Å². The second-order valence-corrected chi connectivity index (χ2v) is 9.17. The van der Waals surface area contributed by atoms with E-state index in [9.17, 15) is 4.79 Å². The third-order valence-corrected chi connectivity index (χ3v) is 6.18. The molecule has 0 aliphatic carbocycles. The number of carbonyl (C=O) groups excluding carboxylic acids is 1. The van der Waals surface area contributed by atoms with E-state index in [4.69, 9.17) is 23.2 Å². The summed E-state index contributed by atoms with van der Waals surface area (Å²) in [6.45, 7) is 3.85. The summed E-state index contributed by atoms with van der Waals surface area (Å²) in [5.41, 5.74) is 1.96. The van der Waals surface area contributed by atoms with Gasteiger partial charge in [0.15, 0.2) is 5.13 Å². The molecule has 0 spiro atoms. The number of nitrogens with zero attached hydrogens (tertiary/aromatic N) is 4. The molecule has 0 radical (unpaired) electrons. The van der Waals surface area contributed by atoms with Gasteiger partial charge in [-0.05, 0) is 29.8 Å². The van der Waals surface area contributed by atoms with E-state index in [2.05, 4.69) is 20.2 Å². The maximum Gasteiger partial charge on any atom is 0.227 e. The summed E-state index contributed by atoms with van der Waals surface area (Å²) in [6, 6.07) is 13.4. The van der Waals surface area contributed by atoms with Crippen LogP contribution in [0.1, 0.15) is 11.3 Å². The van der Waals surface area contributed by atoms with E-state index in [0.29, 0.717) is 15.8 Å². The fourth-order valence-corrected chi connectivity index (χ4v) is 4.28. The lowest BCUT2D eigenvalue weighted by atomic mass is 10.1. The van der Waals surface area contributed by atoms with Crippen LogP contribution in [0.15, 0.2) is 48.7 Å². The molecule has 0 saturated carbocycles. The molecule has 6 nitrogen and oxygen atoms in total. The van der Waals surface area contributed by atoms with E-state index in [-0.39, 0.29) is 5.91 Å². The lowest BCUT2D eigenvalue weighted by Crippen LogP contribution is -2.48. The van der Waals surface area contributed by atoms with Crippen LogP contribution in [0.4, 0.5) is 10.9 Å². The van der Waals surface area contributed by atoms with Gasteiger partial charge in [-0.2, -0.15) is 0 Å². The number of nitrogens with one attached hydrogen (secondary N) is 1. The molecule has 156 valence electrons. The van der Waals surface area contributed by atoms with Crippen molar-refractivity contribution in [3.05, 3.63) is 69.3 Å². The van der Waals surface area contributed by atoms with Gasteiger partial charge >= 0.3 is 0 Å². The summed E-state index contributed by atoms with van der Waals surface area (Å²) in [5.74, 6) is 0.902. The minimum atomic E-state index is 0.156. The van der Waals surface area contributed by atoms with Crippen LogP contribution < -0.4 is 5.32 Å². The summed E-state index contributed by atoms with van der Waals surface area (Å²) < 4.78 is 0.636. The Morgan fingerprint density at radius 3 is 2.53 bits per heavy atom. The molecule has 1 aromatic carbocycles. The number of hydrogen-bond donors (Lipinski definition) is 1. The molecule has 2 aromatic heterocycles. The normalized spacial score (nSPS) is 14.7. The first-order chi connectivity index (χ1) is 14.5. The third-order valence-electron chi connectivity index (χ3n) is 4.90. The van der Waals surface area contributed by atoms with Crippen molar-refractivity contribution in [1.29, 1.82) is 0 Å². The minimum absolute atomic E-state index is 0.156. The van der Waals surface area contributed by atoms with Crippen molar-refractivity contribution >= 4 is 51.4 Å². The van der Waals surface area contributed by atoms with Gasteiger partial charge in [-0.3, -0.25) is 9.69 Å². The average molecular weight is 462 g/mol. The number of hydrogen-bond acceptors (Lipinski definition) is 6. The maximum absolute atomic E-state index is 12.6. The molecule has 0 atom stereocenters. The summed E-state index contributed by atoms with van der Waals surface area (Å²) in [6.07, 6.45) is 2.03. The molecule has 1 N–H and O–H groups in total. The van der Waals surface area contributed by atoms with Crippen molar-refractivity contribution in [3.8, 4) is 0 Å². The van der Waals surface area contributed by atoms with Crippen LogP contribution in [0.25, 0.3) is 0 Å². The van der Waals surface area contributed by atoms with Crippen LogP contribution in [0, 0.1) is 0 Å². The zero-order chi connectivity index (χ0) is 20.9. The molecule has 1 saturated heterocycles. The largest absolute Gasteiger partial charge is 0.340 e. The predicted octanol–water partition coefficient (Wildman–Crippen LogP) is 4.48. The molecule has 3 aromatic rings. The Hall–Kier alpha value is -2.19. The van der Waals surface area contributed by atoms with Crippen molar-refractivity contribution < 1.29 is 4.79 Å². The predicted molar refractivity (Wildman–Crippen MR) is 122 cm³/mol. The SMILES string of the molecule is O=C(Cc1ccc(Cl)cc1)N1CCN(Cc2cccc(Nc3ncc(Cl)s3)n2)CC1. The number of rotatable bonds is 6. The van der Waals surface area contributed by atoms with E-state index in [1.165, 1.54) is 11.3 Å². The second-order valence-electron chi connectivity index (χ2n) is 7.07. The van der Waals surface area contributed by atoms with Crippen molar-refractivity contribution in [1.82, 2.24) is 19.8 Å². The Morgan fingerprint density at radius 2 is 1.83 bits per heavy atom. The molecule has 1 aliphatic rings. The maximum atomic E-state index is 12.6. The molecule has 9 heteroatoms. The Labute approximate surface area is 189 Å². The van der Waals surface area contributed by atoms with Crippen LogP contribution in [-0.2, 0) is 17.8 Å². The van der Waals surface area contributed by atoms with Crippen LogP contribution in [-0.4, -0.2) is 51.9 Å². The zero-order valence-electron chi connectivity index (χ0n) is 16.2. The monoisotopic (exact) mass is 461 g/mol. The number of amides is 1. The van der Waals surface area contributed by atoms with Gasteiger partial charge in [-0.25, -0.2) is 9.97 Å². The van der Waals surface area contributed by atoms with E-state index in [1.807, 2.05) is 47.4 Å². The summed E-state index contributed by atoms with van der Waals surface area (Å²) in [5, 5.41) is 4.59. The first-order valence-electron chi connectivity index (χ1n) is 9.64. The number of benzene rings is 1. The van der Waals surface area contributed by atoms with Gasteiger partial charge in [0.05, 0.1) is 18.3 Å². The molecule has 30 heavy (non-hydrogen) atoms. The van der Waals surface area contributed by atoms with Crippen molar-refractivity contribution in [2.75, 3.05) is 31.5 Å². The summed E-state index contributed by atoms with van der Waals surface area (Å²) >= 11 is 13.2. The number of anilines is 2. The highest BCUT2D eigenvalue weighted by Crippen LogP contribution is 2.25. The number of thiazole rings is 1. The zero-order valence-corrected chi connectivity index (χ0v) is 18.6. The van der Waals surface area contributed by atoms with Gasteiger partial charge in [-0.15, -0.1) is 0 Å². The van der Waals surface area contributed by atoms with Gasteiger partial charge < -0.3 is 10.2 Å². The fraction of sp³-hybridized carbons (Fsp3) is 0.286. The highest BCUT2D eigenvalue weighted by Gasteiger charge is 2.21. The van der Waals surface area contributed by atoms with E-state index in [1.54, 1.807) is 6.20 Å². The lowest BCUT2D eigenvalue weighted by molar-refractivity contribution is -0.132. The van der Waals surface area contributed by atoms with Gasteiger partial charge in [0, 0.05) is 37.7 Å². The van der Waals surface area contributed by atoms with Crippen LogP contribution >= 0.6 is 34.5 Å². The van der Waals surface area contributed by atoms with Gasteiger partial charge in [0.25, 0.3) is 0 Å². The van der Waals surface area contributed by atoms with Crippen molar-refractivity contribution in [3.63, 3.8) is 0 Å². The Bertz CT molecular complexity index is 1000. The van der Waals surface area contributed by atoms with E-state index >= 15 is 0 Å². The molecule has 1 aliphatic heterocycles. The van der Waals surface area contributed by atoms with Gasteiger partial charge in [0.1, 0.15) is 10.2 Å². The number of halogens is 2. The molecular weight excluding hydrogens is 441 g/mol. The molecule has 0 bridgehead atoms. The van der Waals surface area contributed by atoms with Crippen LogP contribution in [0.5, 0.6) is 0 Å². The lowest BCUT2D eigenvalue weighted by Gasteiger charge is -2.34. The molecule has 1 fully saturated rings. The van der Waals surface area contributed by atoms with Crippen LogP contribution in [0.2, 0.25) is 9.36 Å². The number of aromatic nitrogens is 2. The molecule has 4 rings (SSSR count). The molecule has 1 amide bonds. The Balaban J connectivity index is 1.27. The standard InChI is InChI=1S/C21H21Cl2N5OS/c22-16-6-4-15(5-7-16)12-20(29)28-10-8-27(9-11-28)14-17-2-1-3-19(25-17)26-21-24-13-18(23)30-21/h1-7,13H,8-12,14H2,(H,24,25,26). The first kappa shape index (κ1) is 21.1. The minimum Gasteiger partial charge on any atom is -0.340 e. The number of piperazine rings is 1. The fourth-order valence-electron chi connectivity index (χ4n) is 3.33. The molecule has 3 heterocycles. The van der Waals surface area contributed by atoms with E-state index < -0.39 is 0 Å². The molecule has 0 unspecified atom stereocenters. The summed E-state index contributed by atoms with van der Waals surface area (Å²) in [7, 11) is 0. The third kappa shape index (κ3) is 5.70. The first-order valence-corrected chi connectivity index (χ1v) is 11.2. The number of carbonyl (C=O) groups is 1. The highest BCUT2D eigenvalue weighted by atomic mass is 35.5. The van der Waals surface area contributed by atoms with Gasteiger partial charge in [-0.1, -0.05) is 52.7 Å². The molecular formula is C21H21Cl2N5OS. The Kier molecular flexibility index (Phi) is 6.84. The quantitative estimate of drug-likeness (QED) is 0.586. The second kappa shape index (κ2) is 9.75. The number of pyridine rings is 1. The van der Waals surface area contributed by atoms with Gasteiger partial charge in [0.2, 0.25) is 5.91 Å². The van der Waals surface area contributed by atoms with Crippen molar-refractivity contribution in [2.24, 2.45) is 0 Å². The summed E-state index contributed by atoms with van der Waals surface area (Å²) in [4.78, 5) is 25.7. The van der Waals surface area contributed by atoms with Crippen LogP contribution in [0.3, 0.4) is 0 Å². The Morgan fingerprint density at radius 1 is 1.07 bits per heavy atom. The van der Waals surface area contributed by atoms with E-state index in [0.717, 1.165) is 54.9 Å². The smallest absolute Gasteiger partial charge is 0.227 e.